The Hall–Kier alpha value is -3.19. The maximum absolute atomic E-state index is 9.10. The standard InChI is InChI=1S/C21H25N3.C2H2O4/c1-16-6-8-18(9-7-16)15-24-20-5-3-2-4-19(20)23-21(24)14-17-10-12-22-13-11-17;3-1(4)2(5)6/h2-9,17,22H,10-15H2,1H3;(H,3,4)(H,5,6). The molecule has 7 heteroatoms. The number of nitrogens with one attached hydrogen (secondary N) is 1. The summed E-state index contributed by atoms with van der Waals surface area (Å²) in [5.41, 5.74) is 5.02. The molecule has 0 spiro atoms. The second-order valence-corrected chi connectivity index (χ2v) is 7.60. The molecule has 1 aliphatic rings. The van der Waals surface area contributed by atoms with Gasteiger partial charge < -0.3 is 20.1 Å². The summed E-state index contributed by atoms with van der Waals surface area (Å²) in [7, 11) is 0. The van der Waals surface area contributed by atoms with Gasteiger partial charge in [0.25, 0.3) is 0 Å². The Morgan fingerprint density at radius 3 is 2.30 bits per heavy atom. The van der Waals surface area contributed by atoms with Gasteiger partial charge in [-0.05, 0) is 56.5 Å². The van der Waals surface area contributed by atoms with Crippen LogP contribution in [0.15, 0.2) is 48.5 Å². The minimum atomic E-state index is -1.82. The Kier molecular flexibility index (Phi) is 7.19. The van der Waals surface area contributed by atoms with E-state index in [9.17, 15) is 0 Å². The number of carbonyl (C=O) groups is 2. The Morgan fingerprint density at radius 1 is 1.03 bits per heavy atom. The lowest BCUT2D eigenvalue weighted by molar-refractivity contribution is -0.159. The quantitative estimate of drug-likeness (QED) is 0.572. The van der Waals surface area contributed by atoms with E-state index in [2.05, 4.69) is 65.3 Å². The van der Waals surface area contributed by atoms with Gasteiger partial charge in [-0.25, -0.2) is 14.6 Å². The Morgan fingerprint density at radius 2 is 1.67 bits per heavy atom. The number of aliphatic carboxylic acids is 2. The van der Waals surface area contributed by atoms with Crippen LogP contribution >= 0.6 is 0 Å². The molecule has 158 valence electrons. The lowest BCUT2D eigenvalue weighted by atomic mass is 9.94. The van der Waals surface area contributed by atoms with Gasteiger partial charge in [0.05, 0.1) is 11.0 Å². The lowest BCUT2D eigenvalue weighted by Crippen LogP contribution is -2.29. The second kappa shape index (κ2) is 10.0. The van der Waals surface area contributed by atoms with E-state index in [1.54, 1.807) is 0 Å². The third-order valence-corrected chi connectivity index (χ3v) is 5.31. The van der Waals surface area contributed by atoms with E-state index >= 15 is 0 Å². The van der Waals surface area contributed by atoms with Gasteiger partial charge in [-0.3, -0.25) is 0 Å². The molecule has 0 saturated carbocycles. The number of benzene rings is 2. The van der Waals surface area contributed by atoms with Crippen molar-refractivity contribution in [2.45, 2.75) is 32.7 Å². The van der Waals surface area contributed by atoms with Crippen LogP contribution in [0.5, 0.6) is 0 Å². The molecule has 1 aliphatic heterocycles. The van der Waals surface area contributed by atoms with Crippen LogP contribution in [0, 0.1) is 12.8 Å². The van der Waals surface area contributed by atoms with E-state index in [0.29, 0.717) is 0 Å². The van der Waals surface area contributed by atoms with Crippen LogP contribution in [0.2, 0.25) is 0 Å². The first-order chi connectivity index (χ1) is 14.4. The monoisotopic (exact) mass is 409 g/mol. The van der Waals surface area contributed by atoms with Crippen LogP contribution in [0.3, 0.4) is 0 Å². The van der Waals surface area contributed by atoms with E-state index in [1.165, 1.54) is 35.3 Å². The summed E-state index contributed by atoms with van der Waals surface area (Å²) in [5.74, 6) is -1.66. The van der Waals surface area contributed by atoms with Crippen molar-refractivity contribution < 1.29 is 19.8 Å². The zero-order valence-electron chi connectivity index (χ0n) is 17.0. The summed E-state index contributed by atoms with van der Waals surface area (Å²) in [6.45, 7) is 5.33. The fourth-order valence-corrected chi connectivity index (χ4v) is 3.68. The topological polar surface area (TPSA) is 104 Å². The zero-order chi connectivity index (χ0) is 21.5. The summed E-state index contributed by atoms with van der Waals surface area (Å²) in [5, 5.41) is 18.2. The highest BCUT2D eigenvalue weighted by Gasteiger charge is 2.18. The first kappa shape index (κ1) is 21.5. The molecule has 7 nitrogen and oxygen atoms in total. The minimum Gasteiger partial charge on any atom is -0.473 e. The number of aryl methyl sites for hydroxylation is 1. The summed E-state index contributed by atoms with van der Waals surface area (Å²) < 4.78 is 2.42. The number of imidazole rings is 1. The average Bonchev–Trinajstić information content (AvgIpc) is 3.08. The smallest absolute Gasteiger partial charge is 0.414 e. The predicted molar refractivity (Wildman–Crippen MR) is 115 cm³/mol. The van der Waals surface area contributed by atoms with Crippen LogP contribution in [-0.4, -0.2) is 44.8 Å². The highest BCUT2D eigenvalue weighted by atomic mass is 16.4. The third-order valence-electron chi connectivity index (χ3n) is 5.31. The molecular formula is C23H27N3O4. The number of carboxylic acids is 2. The predicted octanol–water partition coefficient (Wildman–Crippen LogP) is 3.09. The number of rotatable bonds is 4. The van der Waals surface area contributed by atoms with Crippen molar-refractivity contribution in [1.29, 1.82) is 0 Å². The van der Waals surface area contributed by atoms with E-state index in [0.717, 1.165) is 37.5 Å². The number of nitrogens with zero attached hydrogens (tertiary/aromatic N) is 2. The van der Waals surface area contributed by atoms with Gasteiger partial charge in [-0.15, -0.1) is 0 Å². The van der Waals surface area contributed by atoms with Crippen LogP contribution < -0.4 is 5.32 Å². The molecule has 3 N–H and O–H groups in total. The van der Waals surface area contributed by atoms with Crippen molar-refractivity contribution in [3.63, 3.8) is 0 Å². The number of hydrogen-bond acceptors (Lipinski definition) is 4. The number of carboxylic acid groups (broad SMARTS) is 2. The Bertz CT molecular complexity index is 993. The van der Waals surface area contributed by atoms with Crippen LogP contribution in [0.4, 0.5) is 0 Å². The van der Waals surface area contributed by atoms with Gasteiger partial charge in [0.1, 0.15) is 5.82 Å². The maximum Gasteiger partial charge on any atom is 0.414 e. The molecule has 1 aromatic heterocycles. The van der Waals surface area contributed by atoms with Gasteiger partial charge in [-0.2, -0.15) is 0 Å². The molecule has 0 aliphatic carbocycles. The molecule has 1 fully saturated rings. The number of fused-ring (bicyclic) bond motifs is 1. The van der Waals surface area contributed by atoms with Gasteiger partial charge in [-0.1, -0.05) is 42.0 Å². The summed E-state index contributed by atoms with van der Waals surface area (Å²) in [4.78, 5) is 23.2. The molecule has 3 aromatic rings. The third kappa shape index (κ3) is 5.67. The normalized spacial score (nSPS) is 14.2. The highest BCUT2D eigenvalue weighted by molar-refractivity contribution is 6.27. The molecule has 0 unspecified atom stereocenters. The van der Waals surface area contributed by atoms with Crippen molar-refractivity contribution in [1.82, 2.24) is 14.9 Å². The van der Waals surface area contributed by atoms with Gasteiger partial charge >= 0.3 is 11.9 Å². The molecule has 30 heavy (non-hydrogen) atoms. The number of para-hydroxylation sites is 2. The van der Waals surface area contributed by atoms with Crippen molar-refractivity contribution in [3.8, 4) is 0 Å². The molecule has 4 rings (SSSR count). The fourth-order valence-electron chi connectivity index (χ4n) is 3.68. The number of aromatic nitrogens is 2. The molecule has 2 heterocycles. The number of hydrogen-bond donors (Lipinski definition) is 3. The van der Waals surface area contributed by atoms with E-state index < -0.39 is 11.9 Å². The highest BCUT2D eigenvalue weighted by Crippen LogP contribution is 2.23. The minimum absolute atomic E-state index is 0.750. The van der Waals surface area contributed by atoms with Crippen molar-refractivity contribution >= 4 is 23.0 Å². The van der Waals surface area contributed by atoms with Crippen LogP contribution in [0.1, 0.15) is 29.8 Å². The SMILES string of the molecule is Cc1ccc(Cn2c(CC3CCNCC3)nc3ccccc32)cc1.O=C(O)C(=O)O. The summed E-state index contributed by atoms with van der Waals surface area (Å²) in [6.07, 6.45) is 3.60. The zero-order valence-corrected chi connectivity index (χ0v) is 17.0. The van der Waals surface area contributed by atoms with Gasteiger partial charge in [0.15, 0.2) is 0 Å². The van der Waals surface area contributed by atoms with Gasteiger partial charge in [0.2, 0.25) is 0 Å². The molecule has 0 bridgehead atoms. The Labute approximate surface area is 175 Å². The maximum atomic E-state index is 9.10. The first-order valence-corrected chi connectivity index (χ1v) is 10.1. The summed E-state index contributed by atoms with van der Waals surface area (Å²) >= 11 is 0. The molecule has 0 atom stereocenters. The molecular weight excluding hydrogens is 382 g/mol. The molecule has 2 aromatic carbocycles. The lowest BCUT2D eigenvalue weighted by Gasteiger charge is -2.22. The largest absolute Gasteiger partial charge is 0.473 e. The molecule has 0 radical (unpaired) electrons. The second-order valence-electron chi connectivity index (χ2n) is 7.60. The molecule has 0 amide bonds. The van der Waals surface area contributed by atoms with Crippen LogP contribution in [-0.2, 0) is 22.6 Å². The first-order valence-electron chi connectivity index (χ1n) is 10.1. The van der Waals surface area contributed by atoms with Crippen LogP contribution in [0.25, 0.3) is 11.0 Å². The number of piperidine rings is 1. The van der Waals surface area contributed by atoms with Crippen molar-refractivity contribution in [2.24, 2.45) is 5.92 Å². The van der Waals surface area contributed by atoms with Crippen molar-refractivity contribution in [2.75, 3.05) is 13.1 Å². The van der Waals surface area contributed by atoms with E-state index in [-0.39, 0.29) is 0 Å². The van der Waals surface area contributed by atoms with Crippen molar-refractivity contribution in [3.05, 3.63) is 65.5 Å². The van der Waals surface area contributed by atoms with E-state index in [1.807, 2.05) is 0 Å². The van der Waals surface area contributed by atoms with E-state index in [4.69, 9.17) is 24.8 Å². The Balaban J connectivity index is 0.000000377. The average molecular weight is 409 g/mol. The fraction of sp³-hybridized carbons (Fsp3) is 0.348. The van der Waals surface area contributed by atoms with Gasteiger partial charge in [0, 0.05) is 13.0 Å². The summed E-state index contributed by atoms with van der Waals surface area (Å²) in [6, 6.07) is 17.4. The molecule has 1 saturated heterocycles.